The van der Waals surface area contributed by atoms with E-state index < -0.39 is 10.0 Å². The van der Waals surface area contributed by atoms with Gasteiger partial charge in [0.25, 0.3) is 10.0 Å². The van der Waals surface area contributed by atoms with Crippen LogP contribution in [-0.4, -0.2) is 61.7 Å². The molecule has 9 heteroatoms. The van der Waals surface area contributed by atoms with Gasteiger partial charge in [0.1, 0.15) is 0 Å². The highest BCUT2D eigenvalue weighted by atomic mass is 32.2. The maximum Gasteiger partial charge on any atom is 0.254 e. The molecule has 1 amide bonds. The van der Waals surface area contributed by atoms with E-state index in [9.17, 15) is 13.2 Å². The van der Waals surface area contributed by atoms with E-state index in [1.807, 2.05) is 7.05 Å². The summed E-state index contributed by atoms with van der Waals surface area (Å²) >= 11 is 0.992. The van der Waals surface area contributed by atoms with Crippen LogP contribution in [0.1, 0.15) is 20.3 Å². The number of amides is 1. The molecule has 124 valence electrons. The van der Waals surface area contributed by atoms with Crippen molar-refractivity contribution in [2.24, 2.45) is 5.92 Å². The molecular weight excluding hydrogens is 324 g/mol. The molecule has 0 aliphatic carbocycles. The lowest BCUT2D eigenvalue weighted by Gasteiger charge is -2.19. The number of sulfonamides is 1. The summed E-state index contributed by atoms with van der Waals surface area (Å²) in [6.45, 7) is 6.40. The second kappa shape index (κ2) is 7.03. The Kier molecular flexibility index (Phi) is 5.54. The van der Waals surface area contributed by atoms with Crippen LogP contribution in [0.3, 0.4) is 0 Å². The molecule has 0 spiro atoms. The quantitative estimate of drug-likeness (QED) is 0.833. The maximum absolute atomic E-state index is 12.6. The predicted molar refractivity (Wildman–Crippen MR) is 86.5 cm³/mol. The highest BCUT2D eigenvalue weighted by Crippen LogP contribution is 2.29. The molecule has 0 bridgehead atoms. The van der Waals surface area contributed by atoms with Crippen LogP contribution in [-0.2, 0) is 14.8 Å². The van der Waals surface area contributed by atoms with E-state index in [4.69, 9.17) is 0 Å². The summed E-state index contributed by atoms with van der Waals surface area (Å²) in [5, 5.41) is 2.82. The van der Waals surface area contributed by atoms with E-state index in [1.54, 1.807) is 0 Å². The van der Waals surface area contributed by atoms with E-state index in [0.29, 0.717) is 24.1 Å². The highest BCUT2D eigenvalue weighted by molar-refractivity contribution is 7.91. The van der Waals surface area contributed by atoms with Crippen LogP contribution >= 0.6 is 11.3 Å². The Bertz CT molecular complexity index is 629. The van der Waals surface area contributed by atoms with Gasteiger partial charge in [-0.25, -0.2) is 13.4 Å². The molecule has 1 aromatic rings. The first-order chi connectivity index (χ1) is 10.3. The zero-order valence-electron chi connectivity index (χ0n) is 13.1. The van der Waals surface area contributed by atoms with Crippen LogP contribution in [0, 0.1) is 5.92 Å². The minimum Gasteiger partial charge on any atom is -0.306 e. The first-order valence-corrected chi connectivity index (χ1v) is 9.50. The first kappa shape index (κ1) is 17.3. The van der Waals surface area contributed by atoms with E-state index in [2.05, 4.69) is 22.1 Å². The van der Waals surface area contributed by atoms with Crippen LogP contribution in [0.25, 0.3) is 0 Å². The van der Waals surface area contributed by atoms with Crippen molar-refractivity contribution in [1.29, 1.82) is 0 Å². The maximum atomic E-state index is 12.6. The van der Waals surface area contributed by atoms with Crippen LogP contribution in [0.4, 0.5) is 5.13 Å². The standard InChI is InChI=1S/C13H22N4O3S2/c1-4-16(3)8-11-5-6-17(9-11)22(19,20)12-7-14-13(21-12)15-10(2)18/h7,11H,4-6,8-9H2,1-3H3,(H,14,15,18)/t11-/m0/s1. The molecule has 0 radical (unpaired) electrons. The molecule has 1 aliphatic heterocycles. The monoisotopic (exact) mass is 346 g/mol. The van der Waals surface area contributed by atoms with E-state index in [1.165, 1.54) is 17.4 Å². The van der Waals surface area contributed by atoms with Gasteiger partial charge < -0.3 is 10.2 Å². The van der Waals surface area contributed by atoms with Gasteiger partial charge in [-0.1, -0.05) is 18.3 Å². The third-order valence-electron chi connectivity index (χ3n) is 3.72. The van der Waals surface area contributed by atoms with Crippen LogP contribution in [0.2, 0.25) is 0 Å². The molecule has 1 aliphatic rings. The van der Waals surface area contributed by atoms with Crippen molar-refractivity contribution in [3.05, 3.63) is 6.20 Å². The first-order valence-electron chi connectivity index (χ1n) is 7.25. The topological polar surface area (TPSA) is 82.6 Å². The molecule has 0 aromatic carbocycles. The number of aromatic nitrogens is 1. The summed E-state index contributed by atoms with van der Waals surface area (Å²) in [4.78, 5) is 17.1. The summed E-state index contributed by atoms with van der Waals surface area (Å²) in [6.07, 6.45) is 2.19. The van der Waals surface area contributed by atoms with Gasteiger partial charge >= 0.3 is 0 Å². The van der Waals surface area contributed by atoms with Crippen molar-refractivity contribution in [2.75, 3.05) is 38.5 Å². The Morgan fingerprint density at radius 3 is 2.95 bits per heavy atom. The number of hydrogen-bond donors (Lipinski definition) is 1. The number of nitrogens with zero attached hydrogens (tertiary/aromatic N) is 3. The Morgan fingerprint density at radius 1 is 1.59 bits per heavy atom. The molecule has 1 atom stereocenters. The molecule has 1 aromatic heterocycles. The van der Waals surface area contributed by atoms with Crippen molar-refractivity contribution in [2.45, 2.75) is 24.5 Å². The van der Waals surface area contributed by atoms with E-state index >= 15 is 0 Å². The number of hydrogen-bond acceptors (Lipinski definition) is 6. The summed E-state index contributed by atoms with van der Waals surface area (Å²) in [7, 11) is -1.47. The summed E-state index contributed by atoms with van der Waals surface area (Å²) < 4.78 is 26.9. The molecule has 7 nitrogen and oxygen atoms in total. The molecule has 1 N–H and O–H groups in total. The van der Waals surface area contributed by atoms with Crippen molar-refractivity contribution in [3.63, 3.8) is 0 Å². The van der Waals surface area contributed by atoms with Crippen LogP contribution in [0.5, 0.6) is 0 Å². The Hall–Kier alpha value is -1.03. The molecule has 22 heavy (non-hydrogen) atoms. The molecular formula is C13H22N4O3S2. The minimum absolute atomic E-state index is 0.181. The van der Waals surface area contributed by atoms with Gasteiger partial charge in [-0.05, 0) is 25.9 Å². The molecule has 2 heterocycles. The fourth-order valence-electron chi connectivity index (χ4n) is 2.45. The van der Waals surface area contributed by atoms with Crippen molar-refractivity contribution in [3.8, 4) is 0 Å². The minimum atomic E-state index is -3.51. The van der Waals surface area contributed by atoms with Crippen molar-refractivity contribution >= 4 is 32.4 Å². The van der Waals surface area contributed by atoms with Gasteiger partial charge in [-0.2, -0.15) is 4.31 Å². The summed E-state index contributed by atoms with van der Waals surface area (Å²) in [5.41, 5.74) is 0. The average molecular weight is 346 g/mol. The zero-order valence-corrected chi connectivity index (χ0v) is 14.7. The molecule has 1 fully saturated rings. The predicted octanol–water partition coefficient (Wildman–Crippen LogP) is 1.06. The number of rotatable bonds is 6. The van der Waals surface area contributed by atoms with Crippen molar-refractivity contribution in [1.82, 2.24) is 14.2 Å². The van der Waals surface area contributed by atoms with Crippen molar-refractivity contribution < 1.29 is 13.2 Å². The molecule has 2 rings (SSSR count). The number of nitrogens with one attached hydrogen (secondary N) is 1. The Morgan fingerprint density at radius 2 is 2.32 bits per heavy atom. The Labute approximate surface area is 135 Å². The smallest absolute Gasteiger partial charge is 0.254 e. The lowest BCUT2D eigenvalue weighted by molar-refractivity contribution is -0.114. The normalized spacial score (nSPS) is 19.7. The largest absolute Gasteiger partial charge is 0.306 e. The fourth-order valence-corrected chi connectivity index (χ4v) is 5.21. The van der Waals surface area contributed by atoms with Gasteiger partial charge in [-0.15, -0.1) is 0 Å². The van der Waals surface area contributed by atoms with E-state index in [-0.39, 0.29) is 10.1 Å². The summed E-state index contributed by atoms with van der Waals surface area (Å²) in [6, 6.07) is 0. The lowest BCUT2D eigenvalue weighted by Crippen LogP contribution is -2.31. The number of carbonyl (C=O) groups is 1. The molecule has 0 unspecified atom stereocenters. The number of carbonyl (C=O) groups excluding carboxylic acids is 1. The summed E-state index contributed by atoms with van der Waals surface area (Å²) in [5.74, 6) is 0.101. The second-order valence-electron chi connectivity index (χ2n) is 5.54. The van der Waals surface area contributed by atoms with Gasteiger partial charge in [0, 0.05) is 26.6 Å². The fraction of sp³-hybridized carbons (Fsp3) is 0.692. The van der Waals surface area contributed by atoms with Crippen LogP contribution in [0.15, 0.2) is 10.4 Å². The van der Waals surface area contributed by atoms with Gasteiger partial charge in [0.05, 0.1) is 6.20 Å². The molecule has 0 saturated carbocycles. The van der Waals surface area contributed by atoms with Gasteiger partial charge in [0.15, 0.2) is 9.34 Å². The number of thiazole rings is 1. The highest BCUT2D eigenvalue weighted by Gasteiger charge is 2.34. The zero-order chi connectivity index (χ0) is 16.3. The molecule has 1 saturated heterocycles. The third kappa shape index (κ3) is 4.03. The van der Waals surface area contributed by atoms with Gasteiger partial charge in [-0.3, -0.25) is 4.79 Å². The van der Waals surface area contributed by atoms with Gasteiger partial charge in [0.2, 0.25) is 5.91 Å². The van der Waals surface area contributed by atoms with Crippen LogP contribution < -0.4 is 5.32 Å². The number of anilines is 1. The van der Waals surface area contributed by atoms with E-state index in [0.717, 1.165) is 30.8 Å². The second-order valence-corrected chi connectivity index (χ2v) is 8.73. The SMILES string of the molecule is CCN(C)C[C@@H]1CCN(S(=O)(=O)c2cnc(NC(C)=O)s2)C1. The lowest BCUT2D eigenvalue weighted by atomic mass is 10.1. The average Bonchev–Trinajstić information content (AvgIpc) is 3.07. The third-order valence-corrected chi connectivity index (χ3v) is 6.93. The Balaban J connectivity index is 2.05.